The highest BCUT2D eigenvalue weighted by Gasteiger charge is 2.29. The van der Waals surface area contributed by atoms with E-state index in [-0.39, 0.29) is 18.6 Å². The number of urea groups is 1. The summed E-state index contributed by atoms with van der Waals surface area (Å²) in [6, 6.07) is -0.148. The van der Waals surface area contributed by atoms with Gasteiger partial charge < -0.3 is 14.9 Å². The lowest BCUT2D eigenvalue weighted by atomic mass is 10.2. The molecule has 1 rings (SSSR count). The van der Waals surface area contributed by atoms with Crippen molar-refractivity contribution in [2.45, 2.75) is 31.7 Å². The third-order valence-corrected chi connectivity index (χ3v) is 3.05. The highest BCUT2D eigenvalue weighted by atomic mass is 16.4. The standard InChI is InChI=1S/C12H20N2O3/c1-3-8-13(2)12(17)14(9-11(15)16)10-6-4-5-7-10/h3,10H,1,4-9H2,2H3,(H,15,16). The van der Waals surface area contributed by atoms with Gasteiger partial charge in [-0.1, -0.05) is 18.9 Å². The number of amides is 2. The molecule has 0 aromatic heterocycles. The Bertz CT molecular complexity index is 298. The van der Waals surface area contributed by atoms with Crippen LogP contribution in [0.3, 0.4) is 0 Å². The second-order valence-corrected chi connectivity index (χ2v) is 4.41. The molecule has 1 aliphatic rings. The molecule has 0 spiro atoms. The van der Waals surface area contributed by atoms with Crippen molar-refractivity contribution in [1.82, 2.24) is 9.80 Å². The van der Waals surface area contributed by atoms with Crippen LogP contribution in [0.1, 0.15) is 25.7 Å². The van der Waals surface area contributed by atoms with Crippen LogP contribution in [0.2, 0.25) is 0 Å². The van der Waals surface area contributed by atoms with E-state index in [0.29, 0.717) is 6.54 Å². The van der Waals surface area contributed by atoms with Crippen LogP contribution in [0, 0.1) is 0 Å². The van der Waals surface area contributed by atoms with E-state index in [2.05, 4.69) is 6.58 Å². The lowest BCUT2D eigenvalue weighted by Crippen LogP contribution is -2.48. The molecule has 5 heteroatoms. The van der Waals surface area contributed by atoms with Crippen molar-refractivity contribution < 1.29 is 14.7 Å². The van der Waals surface area contributed by atoms with E-state index in [4.69, 9.17) is 5.11 Å². The van der Waals surface area contributed by atoms with E-state index in [1.807, 2.05) is 0 Å². The molecular formula is C12H20N2O3. The number of carbonyl (C=O) groups excluding carboxylic acids is 1. The summed E-state index contributed by atoms with van der Waals surface area (Å²) < 4.78 is 0. The fraction of sp³-hybridized carbons (Fsp3) is 0.667. The Morgan fingerprint density at radius 3 is 2.47 bits per heavy atom. The maximum absolute atomic E-state index is 12.1. The van der Waals surface area contributed by atoms with Gasteiger partial charge in [0, 0.05) is 19.6 Å². The van der Waals surface area contributed by atoms with Gasteiger partial charge in [0.2, 0.25) is 0 Å². The van der Waals surface area contributed by atoms with Crippen LogP contribution < -0.4 is 0 Å². The lowest BCUT2D eigenvalue weighted by Gasteiger charge is -2.31. The van der Waals surface area contributed by atoms with Crippen molar-refractivity contribution >= 4 is 12.0 Å². The molecule has 0 bridgehead atoms. The molecular weight excluding hydrogens is 220 g/mol. The number of carboxylic acid groups (broad SMARTS) is 1. The SMILES string of the molecule is C=CCN(C)C(=O)N(CC(=O)O)C1CCCC1. The van der Waals surface area contributed by atoms with Crippen molar-refractivity contribution in [3.8, 4) is 0 Å². The number of hydrogen-bond acceptors (Lipinski definition) is 2. The number of carboxylic acids is 1. The van der Waals surface area contributed by atoms with Gasteiger partial charge >= 0.3 is 12.0 Å². The minimum absolute atomic E-state index is 0.0749. The Morgan fingerprint density at radius 1 is 1.41 bits per heavy atom. The van der Waals surface area contributed by atoms with Gasteiger partial charge in [0.15, 0.2) is 0 Å². The first-order valence-electron chi connectivity index (χ1n) is 5.90. The summed E-state index contributed by atoms with van der Waals surface area (Å²) in [5, 5.41) is 8.87. The second kappa shape index (κ2) is 6.27. The van der Waals surface area contributed by atoms with Crippen molar-refractivity contribution in [3.63, 3.8) is 0 Å². The van der Waals surface area contributed by atoms with Gasteiger partial charge in [-0.3, -0.25) is 4.79 Å². The number of nitrogens with zero attached hydrogens (tertiary/aromatic N) is 2. The second-order valence-electron chi connectivity index (χ2n) is 4.41. The molecule has 17 heavy (non-hydrogen) atoms. The van der Waals surface area contributed by atoms with Crippen LogP contribution in [0.25, 0.3) is 0 Å². The van der Waals surface area contributed by atoms with Crippen LogP contribution in [0.15, 0.2) is 12.7 Å². The van der Waals surface area contributed by atoms with Gasteiger partial charge in [0.1, 0.15) is 6.54 Å². The summed E-state index contributed by atoms with van der Waals surface area (Å²) in [6.45, 7) is 3.79. The topological polar surface area (TPSA) is 60.9 Å². The molecule has 0 heterocycles. The summed E-state index contributed by atoms with van der Waals surface area (Å²) in [5.74, 6) is -0.961. The van der Waals surface area contributed by atoms with E-state index in [1.165, 1.54) is 9.80 Å². The highest BCUT2D eigenvalue weighted by molar-refractivity contribution is 5.80. The quantitative estimate of drug-likeness (QED) is 0.742. The summed E-state index contributed by atoms with van der Waals surface area (Å²) in [5.41, 5.74) is 0. The monoisotopic (exact) mass is 240 g/mol. The summed E-state index contributed by atoms with van der Waals surface area (Å²) >= 11 is 0. The van der Waals surface area contributed by atoms with Crippen LogP contribution in [-0.4, -0.2) is 53.1 Å². The number of likely N-dealkylation sites (N-methyl/N-ethyl adjacent to an activating group) is 1. The largest absolute Gasteiger partial charge is 0.480 e. The Balaban J connectivity index is 2.70. The zero-order chi connectivity index (χ0) is 12.8. The Labute approximate surface area is 102 Å². The normalized spacial score (nSPS) is 15.6. The van der Waals surface area contributed by atoms with E-state index >= 15 is 0 Å². The van der Waals surface area contributed by atoms with Gasteiger partial charge in [-0.15, -0.1) is 6.58 Å². The lowest BCUT2D eigenvalue weighted by molar-refractivity contribution is -0.138. The molecule has 1 fully saturated rings. The molecule has 1 saturated carbocycles. The molecule has 2 amide bonds. The molecule has 1 N–H and O–H groups in total. The first kappa shape index (κ1) is 13.5. The van der Waals surface area contributed by atoms with Crippen LogP contribution in [0.4, 0.5) is 4.79 Å². The van der Waals surface area contributed by atoms with Gasteiger partial charge in [0.25, 0.3) is 0 Å². The van der Waals surface area contributed by atoms with Crippen LogP contribution in [-0.2, 0) is 4.79 Å². The molecule has 0 aromatic carbocycles. The third kappa shape index (κ3) is 3.76. The molecule has 0 unspecified atom stereocenters. The Morgan fingerprint density at radius 2 is 2.00 bits per heavy atom. The molecule has 0 aromatic rings. The smallest absolute Gasteiger partial charge is 0.323 e. The van der Waals surface area contributed by atoms with E-state index < -0.39 is 5.97 Å². The molecule has 0 aliphatic heterocycles. The molecule has 0 atom stereocenters. The average molecular weight is 240 g/mol. The zero-order valence-electron chi connectivity index (χ0n) is 10.3. The highest BCUT2D eigenvalue weighted by Crippen LogP contribution is 2.24. The Kier molecular flexibility index (Phi) is 5.00. The maximum Gasteiger partial charge on any atom is 0.323 e. The number of hydrogen-bond donors (Lipinski definition) is 1. The first-order valence-corrected chi connectivity index (χ1v) is 5.90. The van der Waals surface area contributed by atoms with Gasteiger partial charge in [0.05, 0.1) is 0 Å². The van der Waals surface area contributed by atoms with Crippen LogP contribution in [0.5, 0.6) is 0 Å². The first-order chi connectivity index (χ1) is 8.06. The molecule has 96 valence electrons. The van der Waals surface area contributed by atoms with Crippen molar-refractivity contribution in [2.75, 3.05) is 20.1 Å². The summed E-state index contributed by atoms with van der Waals surface area (Å²) in [7, 11) is 1.66. The number of aliphatic carboxylic acids is 1. The third-order valence-electron chi connectivity index (χ3n) is 3.05. The molecule has 0 saturated heterocycles. The summed E-state index contributed by atoms with van der Waals surface area (Å²) in [4.78, 5) is 25.9. The molecule has 5 nitrogen and oxygen atoms in total. The predicted molar refractivity (Wildman–Crippen MR) is 64.8 cm³/mol. The van der Waals surface area contributed by atoms with Crippen molar-refractivity contribution in [1.29, 1.82) is 0 Å². The van der Waals surface area contributed by atoms with E-state index in [9.17, 15) is 9.59 Å². The van der Waals surface area contributed by atoms with Gasteiger partial charge in [-0.2, -0.15) is 0 Å². The minimum atomic E-state index is -0.961. The fourth-order valence-corrected chi connectivity index (χ4v) is 2.21. The maximum atomic E-state index is 12.1. The van der Waals surface area contributed by atoms with E-state index in [1.54, 1.807) is 13.1 Å². The zero-order valence-corrected chi connectivity index (χ0v) is 10.3. The van der Waals surface area contributed by atoms with Gasteiger partial charge in [-0.25, -0.2) is 4.79 Å². The summed E-state index contributed by atoms with van der Waals surface area (Å²) in [6.07, 6.45) is 5.58. The van der Waals surface area contributed by atoms with Crippen molar-refractivity contribution in [2.24, 2.45) is 0 Å². The Hall–Kier alpha value is -1.52. The van der Waals surface area contributed by atoms with Gasteiger partial charge in [-0.05, 0) is 12.8 Å². The average Bonchev–Trinajstić information content (AvgIpc) is 2.78. The molecule has 0 radical (unpaired) electrons. The predicted octanol–water partition coefficient (Wildman–Crippen LogP) is 1.55. The fourth-order valence-electron chi connectivity index (χ4n) is 2.21. The minimum Gasteiger partial charge on any atom is -0.480 e. The number of rotatable bonds is 5. The number of carbonyl (C=O) groups is 2. The molecule has 1 aliphatic carbocycles. The van der Waals surface area contributed by atoms with E-state index in [0.717, 1.165) is 25.7 Å². The van der Waals surface area contributed by atoms with Crippen LogP contribution >= 0.6 is 0 Å². The van der Waals surface area contributed by atoms with Crippen molar-refractivity contribution in [3.05, 3.63) is 12.7 Å².